The Morgan fingerprint density at radius 2 is 0.816 bits per heavy atom. The molecule has 0 unspecified atom stereocenters. The number of hydrogen-bond donors (Lipinski definition) is 0. The van der Waals surface area contributed by atoms with Crippen LogP contribution in [0.4, 0.5) is 0 Å². The van der Waals surface area contributed by atoms with Crippen LogP contribution in [0.2, 0.25) is 0 Å². The summed E-state index contributed by atoms with van der Waals surface area (Å²) in [6, 6.07) is 65.7. The zero-order chi connectivity index (χ0) is 32.3. The van der Waals surface area contributed by atoms with Crippen molar-refractivity contribution in [3.63, 3.8) is 0 Å². The summed E-state index contributed by atoms with van der Waals surface area (Å²) in [5, 5.41) is 9.73. The summed E-state index contributed by atoms with van der Waals surface area (Å²) in [5.41, 5.74) is 11.6. The Kier molecular flexibility index (Phi) is 6.25. The van der Waals surface area contributed by atoms with Crippen LogP contribution in [0.15, 0.2) is 186 Å². The Bertz CT molecular complexity index is 2790. The van der Waals surface area contributed by atoms with E-state index >= 15 is 0 Å². The van der Waals surface area contributed by atoms with Crippen LogP contribution in [0.3, 0.4) is 0 Å². The van der Waals surface area contributed by atoms with E-state index in [1.807, 2.05) is 0 Å². The Hall–Kier alpha value is -6.44. The third-order valence-corrected chi connectivity index (χ3v) is 10.0. The van der Waals surface area contributed by atoms with Crippen LogP contribution in [0.5, 0.6) is 0 Å². The van der Waals surface area contributed by atoms with E-state index in [2.05, 4.69) is 182 Å². The van der Waals surface area contributed by atoms with Gasteiger partial charge in [-0.1, -0.05) is 158 Å². The first-order chi connectivity index (χ1) is 24.3. The lowest BCUT2D eigenvalue weighted by Crippen LogP contribution is -1.90. The van der Waals surface area contributed by atoms with Gasteiger partial charge in [-0.3, -0.25) is 0 Å². The zero-order valence-electron chi connectivity index (χ0n) is 26.7. The van der Waals surface area contributed by atoms with Crippen molar-refractivity contribution in [1.29, 1.82) is 0 Å². The monoisotopic (exact) mass is 622 g/mol. The number of hydrogen-bond acceptors (Lipinski definition) is 1. The molecule has 228 valence electrons. The van der Waals surface area contributed by atoms with Gasteiger partial charge in [0, 0.05) is 10.8 Å². The highest BCUT2D eigenvalue weighted by Crippen LogP contribution is 2.44. The summed E-state index contributed by atoms with van der Waals surface area (Å²) < 4.78 is 6.47. The number of furan rings is 1. The van der Waals surface area contributed by atoms with Crippen LogP contribution >= 0.6 is 0 Å². The molecule has 0 aliphatic carbocycles. The van der Waals surface area contributed by atoms with Gasteiger partial charge in [-0.2, -0.15) is 0 Å². The van der Waals surface area contributed by atoms with Gasteiger partial charge in [0.15, 0.2) is 0 Å². The average Bonchev–Trinajstić information content (AvgIpc) is 3.54. The van der Waals surface area contributed by atoms with Gasteiger partial charge >= 0.3 is 0 Å². The van der Waals surface area contributed by atoms with Crippen molar-refractivity contribution in [3.8, 4) is 44.5 Å². The fourth-order valence-electron chi connectivity index (χ4n) is 7.79. The molecule has 10 aromatic rings. The normalized spacial score (nSPS) is 11.7. The molecule has 0 spiro atoms. The maximum Gasteiger partial charge on any atom is 0.136 e. The van der Waals surface area contributed by atoms with E-state index in [1.165, 1.54) is 76.8 Å². The topological polar surface area (TPSA) is 13.1 Å². The van der Waals surface area contributed by atoms with Crippen LogP contribution in [0.1, 0.15) is 0 Å². The third-order valence-electron chi connectivity index (χ3n) is 10.0. The maximum atomic E-state index is 6.47. The quantitative estimate of drug-likeness (QED) is 0.178. The highest BCUT2D eigenvalue weighted by atomic mass is 16.3. The molecular formula is C48H30O. The van der Waals surface area contributed by atoms with E-state index in [0.29, 0.717) is 0 Å². The Balaban J connectivity index is 1.14. The fourth-order valence-corrected chi connectivity index (χ4v) is 7.79. The molecule has 49 heavy (non-hydrogen) atoms. The summed E-state index contributed by atoms with van der Waals surface area (Å²) in [6.45, 7) is 0. The summed E-state index contributed by atoms with van der Waals surface area (Å²) >= 11 is 0. The van der Waals surface area contributed by atoms with Gasteiger partial charge < -0.3 is 4.42 Å². The van der Waals surface area contributed by atoms with Crippen molar-refractivity contribution in [2.45, 2.75) is 0 Å². The molecule has 9 aromatic carbocycles. The Morgan fingerprint density at radius 3 is 1.45 bits per heavy atom. The number of rotatable bonds is 4. The van der Waals surface area contributed by atoms with Gasteiger partial charge in [0.05, 0.1) is 0 Å². The minimum absolute atomic E-state index is 0.906. The SMILES string of the molecule is c1ccc(-c2ccc3cc4oc5cccc(-c6ccc(-c7c8ccccc8c(-c8ccccc8)c8ccccc78)cc6)c5c4cc3c2)cc1. The molecule has 0 saturated heterocycles. The van der Waals surface area contributed by atoms with Gasteiger partial charge in [-0.05, 0) is 101 Å². The summed E-state index contributed by atoms with van der Waals surface area (Å²) in [4.78, 5) is 0. The predicted octanol–water partition coefficient (Wildman–Crippen LogP) is 13.7. The molecule has 0 aliphatic heterocycles. The second-order valence-electron chi connectivity index (χ2n) is 12.8. The summed E-state index contributed by atoms with van der Waals surface area (Å²) in [6.07, 6.45) is 0. The molecule has 0 fully saturated rings. The van der Waals surface area contributed by atoms with Crippen LogP contribution in [-0.4, -0.2) is 0 Å². The van der Waals surface area contributed by atoms with Gasteiger partial charge in [0.2, 0.25) is 0 Å². The van der Waals surface area contributed by atoms with Gasteiger partial charge in [0.1, 0.15) is 11.2 Å². The minimum Gasteiger partial charge on any atom is -0.456 e. The molecule has 1 heterocycles. The standard InChI is InChI=1S/C48H30O/c1-3-12-31(13-4-1)35-26-27-36-30-45-43(29-37(36)28-35)48-38(20-11-21-44(48)49-45)32-22-24-34(25-23-32)47-41-18-9-7-16-39(41)46(33-14-5-2-6-15-33)40-17-8-10-19-42(40)47/h1-30H. The molecule has 0 amide bonds. The molecule has 10 rings (SSSR count). The van der Waals surface area contributed by atoms with Crippen LogP contribution in [0.25, 0.3) is 98.8 Å². The summed E-state index contributed by atoms with van der Waals surface area (Å²) in [7, 11) is 0. The maximum absolute atomic E-state index is 6.47. The smallest absolute Gasteiger partial charge is 0.136 e. The molecule has 1 aromatic heterocycles. The van der Waals surface area contributed by atoms with Crippen molar-refractivity contribution in [2.24, 2.45) is 0 Å². The third kappa shape index (κ3) is 4.47. The van der Waals surface area contributed by atoms with Crippen molar-refractivity contribution in [1.82, 2.24) is 0 Å². The molecule has 0 saturated carbocycles. The van der Waals surface area contributed by atoms with E-state index in [-0.39, 0.29) is 0 Å². The van der Waals surface area contributed by atoms with Gasteiger partial charge in [-0.15, -0.1) is 0 Å². The lowest BCUT2D eigenvalue weighted by molar-refractivity contribution is 0.669. The van der Waals surface area contributed by atoms with Gasteiger partial charge in [-0.25, -0.2) is 0 Å². The van der Waals surface area contributed by atoms with E-state index in [1.54, 1.807) is 0 Å². The summed E-state index contributed by atoms with van der Waals surface area (Å²) in [5.74, 6) is 0. The second-order valence-corrected chi connectivity index (χ2v) is 12.8. The Labute approximate surface area is 284 Å². The first-order valence-corrected chi connectivity index (χ1v) is 16.8. The lowest BCUT2D eigenvalue weighted by Gasteiger charge is -2.18. The highest BCUT2D eigenvalue weighted by Gasteiger charge is 2.18. The molecule has 0 bridgehead atoms. The van der Waals surface area contributed by atoms with Crippen LogP contribution in [-0.2, 0) is 0 Å². The van der Waals surface area contributed by atoms with Crippen molar-refractivity contribution in [2.75, 3.05) is 0 Å². The van der Waals surface area contributed by atoms with Crippen molar-refractivity contribution >= 4 is 54.3 Å². The van der Waals surface area contributed by atoms with E-state index in [9.17, 15) is 0 Å². The van der Waals surface area contributed by atoms with E-state index < -0.39 is 0 Å². The average molecular weight is 623 g/mol. The van der Waals surface area contributed by atoms with Crippen molar-refractivity contribution < 1.29 is 4.42 Å². The molecule has 0 aliphatic rings. The first kappa shape index (κ1) is 27.7. The molecular weight excluding hydrogens is 593 g/mol. The lowest BCUT2D eigenvalue weighted by atomic mass is 9.85. The predicted molar refractivity (Wildman–Crippen MR) is 208 cm³/mol. The largest absolute Gasteiger partial charge is 0.456 e. The molecule has 0 radical (unpaired) electrons. The minimum atomic E-state index is 0.906. The van der Waals surface area contributed by atoms with E-state index in [0.717, 1.165) is 21.9 Å². The Morgan fingerprint density at radius 1 is 0.286 bits per heavy atom. The van der Waals surface area contributed by atoms with Crippen LogP contribution < -0.4 is 0 Å². The zero-order valence-corrected chi connectivity index (χ0v) is 26.7. The number of benzene rings is 9. The second kappa shape index (κ2) is 11.1. The van der Waals surface area contributed by atoms with Gasteiger partial charge in [0.25, 0.3) is 0 Å². The van der Waals surface area contributed by atoms with Crippen molar-refractivity contribution in [3.05, 3.63) is 182 Å². The fraction of sp³-hybridized carbons (Fsp3) is 0. The first-order valence-electron chi connectivity index (χ1n) is 16.8. The molecule has 0 N–H and O–H groups in total. The molecule has 1 nitrogen and oxygen atoms in total. The number of fused-ring (bicyclic) bond motifs is 6. The van der Waals surface area contributed by atoms with Crippen LogP contribution in [0, 0.1) is 0 Å². The molecule has 0 atom stereocenters. The highest BCUT2D eigenvalue weighted by molar-refractivity contribution is 6.21. The van der Waals surface area contributed by atoms with E-state index in [4.69, 9.17) is 4.42 Å². The molecule has 1 heteroatoms.